The lowest BCUT2D eigenvalue weighted by Crippen LogP contribution is -2.39. The Morgan fingerprint density at radius 2 is 0.506 bits per heavy atom. The summed E-state index contributed by atoms with van der Waals surface area (Å²) >= 11 is 0. The van der Waals surface area contributed by atoms with Crippen molar-refractivity contribution in [2.24, 2.45) is 0 Å². The largest absolute Gasteiger partial charge is 0.376 e. The van der Waals surface area contributed by atoms with Gasteiger partial charge in [-0.05, 0) is 168 Å². The van der Waals surface area contributed by atoms with Gasteiger partial charge in [0, 0.05) is 54.5 Å². The third kappa shape index (κ3) is 9.21. The van der Waals surface area contributed by atoms with Crippen LogP contribution in [0.5, 0.6) is 0 Å². The summed E-state index contributed by atoms with van der Waals surface area (Å²) < 4.78 is 7.23. The molecule has 3 heterocycles. The molecule has 0 atom stereocenters. The molecular weight excluding hydrogens is 1060 g/mol. The van der Waals surface area contributed by atoms with Gasteiger partial charge in [-0.25, -0.2) is 0 Å². The van der Waals surface area contributed by atoms with Crippen LogP contribution in [-0.2, 0) is 58.5 Å². The van der Waals surface area contributed by atoms with Crippen LogP contribution in [0, 0.1) is 0 Å². The first-order valence-corrected chi connectivity index (χ1v) is 31.3. The second-order valence-corrected chi connectivity index (χ2v) is 24.0. The molecule has 0 amide bonds. The molecule has 16 rings (SSSR count). The molecule has 0 spiro atoms. The molecule has 87 heavy (non-hydrogen) atoms. The highest BCUT2D eigenvalue weighted by molar-refractivity contribution is 6.25. The van der Waals surface area contributed by atoms with Crippen molar-refractivity contribution >= 4 is 114 Å². The van der Waals surface area contributed by atoms with E-state index in [0.717, 1.165) is 75.6 Å². The van der Waals surface area contributed by atoms with Gasteiger partial charge in [0.15, 0.2) is 56.8 Å². The highest BCUT2D eigenvalue weighted by atomic mass is 15.0. The van der Waals surface area contributed by atoms with Crippen molar-refractivity contribution in [3.05, 3.63) is 287 Å². The first-order valence-electron chi connectivity index (χ1n) is 31.3. The van der Waals surface area contributed by atoms with E-state index in [9.17, 15) is 0 Å². The molecule has 0 aliphatic rings. The molecule has 0 aliphatic heterocycles. The topological polar surface area (TPSA) is 47.7 Å². The first kappa shape index (κ1) is 52.4. The predicted octanol–water partition coefficient (Wildman–Crippen LogP) is 17.9. The van der Waals surface area contributed by atoms with Crippen molar-refractivity contribution in [1.29, 1.82) is 0 Å². The minimum atomic E-state index is 0.728. The minimum Gasteiger partial charge on any atom is -0.376 e. The standard InChI is InChI=1S/C81H69N6/c1-4-67-73(49-85-40-10-19-64(46-85)82-43-61-31-28-58-25-22-52-13-7-16-55-34-37-70(61)79(58)76(52)55)68(5-2)75(51-87-42-12-21-66(48-87)84-45-63-33-30-60-27-24-54-15-9-18-57-36-39-72(63)81(60)78(54)57)69(6-3)74(67)50-86-41-11-20-65(47-86)83-44-62-32-29-59-26-23-53-14-8-17-56-35-38-71(62)80(59)77(53)56/h7-42,46-48,82-84H,4-6,43-45,49-51H2,1-3H3/q+3. The Balaban J connectivity index is 0.733. The molecule has 0 unspecified atom stereocenters. The van der Waals surface area contributed by atoms with Crippen LogP contribution in [0.15, 0.2) is 237 Å². The van der Waals surface area contributed by atoms with E-state index >= 15 is 0 Å². The minimum absolute atomic E-state index is 0.728. The molecule has 3 aromatic heterocycles. The summed E-state index contributed by atoms with van der Waals surface area (Å²) in [5.74, 6) is 0. The van der Waals surface area contributed by atoms with E-state index in [1.54, 1.807) is 0 Å². The summed E-state index contributed by atoms with van der Waals surface area (Å²) in [6.07, 6.45) is 16.5. The van der Waals surface area contributed by atoms with Crippen molar-refractivity contribution in [1.82, 2.24) is 0 Å². The molecule has 16 aromatic rings. The first-order chi connectivity index (χ1) is 42.9. The fourth-order valence-electron chi connectivity index (χ4n) is 15.1. The number of pyridine rings is 3. The third-order valence-corrected chi connectivity index (χ3v) is 19.1. The second-order valence-electron chi connectivity index (χ2n) is 24.0. The van der Waals surface area contributed by atoms with Crippen LogP contribution in [0.3, 0.4) is 0 Å². The van der Waals surface area contributed by atoms with E-state index in [4.69, 9.17) is 0 Å². The zero-order chi connectivity index (χ0) is 58.1. The summed E-state index contributed by atoms with van der Waals surface area (Å²) in [5.41, 5.74) is 15.9. The van der Waals surface area contributed by atoms with Crippen LogP contribution in [0.1, 0.15) is 70.8 Å². The normalized spacial score (nSPS) is 12.0. The molecule has 0 radical (unpaired) electrons. The molecular formula is C81H69N6+3. The summed E-state index contributed by atoms with van der Waals surface area (Å²) in [5, 5.41) is 35.4. The van der Waals surface area contributed by atoms with Crippen molar-refractivity contribution in [2.45, 2.75) is 79.3 Å². The lowest BCUT2D eigenvalue weighted by Gasteiger charge is -2.23. The predicted molar refractivity (Wildman–Crippen MR) is 364 cm³/mol. The monoisotopic (exact) mass is 1130 g/mol. The van der Waals surface area contributed by atoms with Gasteiger partial charge in [-0.2, -0.15) is 13.7 Å². The Bertz CT molecular complexity index is 4700. The lowest BCUT2D eigenvalue weighted by atomic mass is 9.83. The highest BCUT2D eigenvalue weighted by Crippen LogP contribution is 2.40. The maximum Gasteiger partial charge on any atom is 0.192 e. The molecule has 6 nitrogen and oxygen atoms in total. The summed E-state index contributed by atoms with van der Waals surface area (Å²) in [7, 11) is 0. The van der Waals surface area contributed by atoms with Crippen LogP contribution in [0.2, 0.25) is 0 Å². The van der Waals surface area contributed by atoms with E-state index in [0.29, 0.717) is 0 Å². The van der Waals surface area contributed by atoms with Crippen molar-refractivity contribution in [3.8, 4) is 0 Å². The van der Waals surface area contributed by atoms with Gasteiger partial charge in [0.25, 0.3) is 0 Å². The Labute approximate surface area is 507 Å². The number of nitrogens with one attached hydrogen (secondary N) is 3. The molecule has 420 valence electrons. The maximum atomic E-state index is 3.88. The fourth-order valence-corrected chi connectivity index (χ4v) is 15.1. The highest BCUT2D eigenvalue weighted by Gasteiger charge is 2.28. The average molecular weight is 1130 g/mol. The zero-order valence-electron chi connectivity index (χ0n) is 49.7. The van der Waals surface area contributed by atoms with E-state index in [1.807, 2.05) is 0 Å². The summed E-state index contributed by atoms with van der Waals surface area (Å²) in [4.78, 5) is 0. The van der Waals surface area contributed by atoms with E-state index in [-0.39, 0.29) is 0 Å². The van der Waals surface area contributed by atoms with Crippen LogP contribution in [0.25, 0.3) is 97.0 Å². The Morgan fingerprint density at radius 3 is 0.782 bits per heavy atom. The molecule has 3 N–H and O–H groups in total. The van der Waals surface area contributed by atoms with Gasteiger partial charge in [0.05, 0.1) is 17.1 Å². The number of anilines is 3. The Morgan fingerprint density at radius 1 is 0.253 bits per heavy atom. The van der Waals surface area contributed by atoms with E-state index < -0.39 is 0 Å². The number of hydrogen-bond donors (Lipinski definition) is 3. The van der Waals surface area contributed by atoms with Gasteiger partial charge in [0.1, 0.15) is 0 Å². The van der Waals surface area contributed by atoms with Crippen LogP contribution in [-0.4, -0.2) is 0 Å². The number of hydrogen-bond acceptors (Lipinski definition) is 3. The van der Waals surface area contributed by atoms with Crippen molar-refractivity contribution in [3.63, 3.8) is 0 Å². The molecule has 0 saturated carbocycles. The molecule has 0 fully saturated rings. The number of benzene rings is 13. The van der Waals surface area contributed by atoms with Gasteiger partial charge >= 0.3 is 0 Å². The van der Waals surface area contributed by atoms with E-state index in [2.05, 4.69) is 288 Å². The Kier molecular flexibility index (Phi) is 13.1. The SMILES string of the molecule is CCc1c(C[n+]2cccc(NCc3ccc4ccc5cccc6ccc3c4c56)c2)c(CC)c(C[n+]2cccc(NCc3ccc4ccc5cccc6ccc3c4c56)c2)c(CC)c1C[n+]1cccc(NCc2ccc3ccc4cccc5ccc2c3c45)c1. The number of aromatic nitrogens is 3. The molecule has 0 aliphatic carbocycles. The van der Waals surface area contributed by atoms with Crippen LogP contribution in [0.4, 0.5) is 17.1 Å². The fraction of sp³-hybridized carbons (Fsp3) is 0.148. The maximum absolute atomic E-state index is 3.88. The van der Waals surface area contributed by atoms with Gasteiger partial charge in [-0.15, -0.1) is 0 Å². The summed E-state index contributed by atoms with van der Waals surface area (Å²) in [6, 6.07) is 74.4. The van der Waals surface area contributed by atoms with Crippen molar-refractivity contribution < 1.29 is 13.7 Å². The summed E-state index contributed by atoms with van der Waals surface area (Å²) in [6.45, 7) is 11.6. The molecule has 6 heteroatoms. The van der Waals surface area contributed by atoms with Crippen LogP contribution < -0.4 is 29.7 Å². The number of nitrogens with zero attached hydrogens (tertiary/aromatic N) is 3. The molecule has 0 bridgehead atoms. The van der Waals surface area contributed by atoms with Gasteiger partial charge < -0.3 is 16.0 Å². The van der Waals surface area contributed by atoms with Gasteiger partial charge in [-0.1, -0.05) is 185 Å². The smallest absolute Gasteiger partial charge is 0.192 e. The van der Waals surface area contributed by atoms with E-state index in [1.165, 1.54) is 147 Å². The lowest BCUT2D eigenvalue weighted by molar-refractivity contribution is -0.690. The van der Waals surface area contributed by atoms with Crippen molar-refractivity contribution in [2.75, 3.05) is 16.0 Å². The van der Waals surface area contributed by atoms with Gasteiger partial charge in [-0.3, -0.25) is 0 Å². The van der Waals surface area contributed by atoms with Gasteiger partial charge in [0.2, 0.25) is 0 Å². The average Bonchev–Trinajstić information content (AvgIpc) is 1.38. The third-order valence-electron chi connectivity index (χ3n) is 19.1. The number of rotatable bonds is 18. The quantitative estimate of drug-likeness (QED) is 0.0593. The zero-order valence-corrected chi connectivity index (χ0v) is 49.7. The second kappa shape index (κ2) is 21.7. The van der Waals surface area contributed by atoms with Crippen LogP contribution >= 0.6 is 0 Å². The Hall–Kier alpha value is -10.2. The molecule has 0 saturated heterocycles. The molecule has 13 aromatic carbocycles.